The van der Waals surface area contributed by atoms with Crippen molar-refractivity contribution in [3.05, 3.63) is 45.8 Å². The van der Waals surface area contributed by atoms with Gasteiger partial charge in [0.1, 0.15) is 6.54 Å². The van der Waals surface area contributed by atoms with Crippen molar-refractivity contribution in [2.24, 2.45) is 0 Å². The minimum absolute atomic E-state index is 0.0259. The van der Waals surface area contributed by atoms with E-state index < -0.39 is 0 Å². The van der Waals surface area contributed by atoms with Crippen molar-refractivity contribution in [1.82, 2.24) is 19.7 Å². The van der Waals surface area contributed by atoms with Crippen LogP contribution in [0.4, 0.5) is 0 Å². The Kier molecular flexibility index (Phi) is 6.74. The van der Waals surface area contributed by atoms with E-state index in [4.69, 9.17) is 0 Å². The first-order valence-corrected chi connectivity index (χ1v) is 8.52. The van der Waals surface area contributed by atoms with E-state index >= 15 is 0 Å². The van der Waals surface area contributed by atoms with Gasteiger partial charge in [-0.05, 0) is 22.0 Å². The van der Waals surface area contributed by atoms with Gasteiger partial charge in [-0.1, -0.05) is 6.08 Å². The summed E-state index contributed by atoms with van der Waals surface area (Å²) >= 11 is 3.30. The molecule has 1 aromatic heterocycles. The molecular weight excluding hydrogens is 376 g/mol. The summed E-state index contributed by atoms with van der Waals surface area (Å²) < 4.78 is 2.15. The maximum absolute atomic E-state index is 12.3. The predicted molar refractivity (Wildman–Crippen MR) is 94.6 cm³/mol. The zero-order valence-electron chi connectivity index (χ0n) is 13.4. The minimum atomic E-state index is -0.205. The molecule has 0 bridgehead atoms. The van der Waals surface area contributed by atoms with Crippen LogP contribution < -0.4 is 10.9 Å². The van der Waals surface area contributed by atoms with Crippen molar-refractivity contribution < 1.29 is 9.59 Å². The van der Waals surface area contributed by atoms with Crippen molar-refractivity contribution in [2.75, 3.05) is 39.3 Å². The summed E-state index contributed by atoms with van der Waals surface area (Å²) in [5.74, 6) is -0.138. The number of carbonyl (C=O) groups is 2. The van der Waals surface area contributed by atoms with E-state index in [0.29, 0.717) is 39.3 Å². The third-order valence-electron chi connectivity index (χ3n) is 3.79. The fourth-order valence-corrected chi connectivity index (χ4v) is 2.85. The number of carbonyl (C=O) groups excluding carboxylic acids is 2. The van der Waals surface area contributed by atoms with Gasteiger partial charge >= 0.3 is 0 Å². The van der Waals surface area contributed by atoms with Crippen LogP contribution in [0.3, 0.4) is 0 Å². The molecule has 1 saturated heterocycles. The molecular formula is C16H21BrN4O3. The summed E-state index contributed by atoms with van der Waals surface area (Å²) in [7, 11) is 0. The number of hydrogen-bond donors (Lipinski definition) is 1. The molecule has 2 rings (SSSR count). The second-order valence-corrected chi connectivity index (χ2v) is 6.48. The zero-order chi connectivity index (χ0) is 17.5. The largest absolute Gasteiger partial charge is 0.352 e. The molecule has 1 fully saturated rings. The van der Waals surface area contributed by atoms with E-state index in [1.54, 1.807) is 23.2 Å². The average molecular weight is 397 g/mol. The number of halogens is 1. The number of hydrogen-bond acceptors (Lipinski definition) is 4. The Morgan fingerprint density at radius 3 is 2.58 bits per heavy atom. The van der Waals surface area contributed by atoms with Crippen LogP contribution in [0, 0.1) is 0 Å². The van der Waals surface area contributed by atoms with Gasteiger partial charge in [0.05, 0.1) is 6.54 Å². The zero-order valence-corrected chi connectivity index (χ0v) is 15.0. The summed E-state index contributed by atoms with van der Waals surface area (Å²) in [6.07, 6.45) is 3.25. The Morgan fingerprint density at radius 2 is 1.92 bits per heavy atom. The first-order valence-electron chi connectivity index (χ1n) is 7.73. The van der Waals surface area contributed by atoms with E-state index in [0.717, 1.165) is 4.47 Å². The van der Waals surface area contributed by atoms with Crippen molar-refractivity contribution in [1.29, 1.82) is 0 Å². The fourth-order valence-electron chi connectivity index (χ4n) is 2.47. The van der Waals surface area contributed by atoms with E-state index in [1.165, 1.54) is 10.6 Å². The quantitative estimate of drug-likeness (QED) is 0.689. The molecule has 7 nitrogen and oxygen atoms in total. The molecule has 1 N–H and O–H groups in total. The lowest BCUT2D eigenvalue weighted by molar-refractivity contribution is -0.133. The second-order valence-electron chi connectivity index (χ2n) is 5.56. The summed E-state index contributed by atoms with van der Waals surface area (Å²) in [6.45, 7) is 6.74. The summed E-state index contributed by atoms with van der Waals surface area (Å²) in [6, 6.07) is 3.08. The average Bonchev–Trinajstić information content (AvgIpc) is 2.57. The second kappa shape index (κ2) is 8.79. The van der Waals surface area contributed by atoms with Crippen LogP contribution in [-0.2, 0) is 16.1 Å². The van der Waals surface area contributed by atoms with Crippen molar-refractivity contribution >= 4 is 27.7 Å². The minimum Gasteiger partial charge on any atom is -0.352 e. The van der Waals surface area contributed by atoms with Crippen molar-refractivity contribution in [3.8, 4) is 0 Å². The van der Waals surface area contributed by atoms with E-state index in [2.05, 4.69) is 27.8 Å². The highest BCUT2D eigenvalue weighted by Crippen LogP contribution is 2.06. The van der Waals surface area contributed by atoms with Crippen LogP contribution >= 0.6 is 15.9 Å². The van der Waals surface area contributed by atoms with Crippen LogP contribution in [-0.4, -0.2) is 65.4 Å². The molecule has 8 heteroatoms. The van der Waals surface area contributed by atoms with Gasteiger partial charge < -0.3 is 14.8 Å². The standard InChI is InChI=1S/C16H21BrN4O3/c1-2-5-18-14(22)11-19-6-8-20(9-7-19)16(24)12-21-10-13(17)3-4-15(21)23/h2-4,10H,1,5-9,11-12H2,(H,18,22). The van der Waals surface area contributed by atoms with E-state index in [-0.39, 0.29) is 23.9 Å². The Balaban J connectivity index is 1.82. The molecule has 0 aromatic carbocycles. The van der Waals surface area contributed by atoms with Crippen LogP contribution in [0.25, 0.3) is 0 Å². The van der Waals surface area contributed by atoms with Gasteiger partial charge in [0.25, 0.3) is 5.56 Å². The summed E-state index contributed by atoms with van der Waals surface area (Å²) in [5.41, 5.74) is -0.205. The number of aromatic nitrogens is 1. The number of nitrogens with one attached hydrogen (secondary N) is 1. The topological polar surface area (TPSA) is 74.7 Å². The number of piperazine rings is 1. The van der Waals surface area contributed by atoms with Crippen LogP contribution in [0.2, 0.25) is 0 Å². The molecule has 130 valence electrons. The molecule has 2 heterocycles. The van der Waals surface area contributed by atoms with Crippen LogP contribution in [0.15, 0.2) is 40.3 Å². The molecule has 1 aromatic rings. The number of pyridine rings is 1. The SMILES string of the molecule is C=CCNC(=O)CN1CCN(C(=O)Cn2cc(Br)ccc2=O)CC1. The van der Waals surface area contributed by atoms with Crippen molar-refractivity contribution in [3.63, 3.8) is 0 Å². The molecule has 0 saturated carbocycles. The van der Waals surface area contributed by atoms with Gasteiger partial charge in [-0.25, -0.2) is 0 Å². The highest BCUT2D eigenvalue weighted by atomic mass is 79.9. The Morgan fingerprint density at radius 1 is 1.21 bits per heavy atom. The third kappa shape index (κ3) is 5.31. The van der Waals surface area contributed by atoms with Crippen molar-refractivity contribution in [2.45, 2.75) is 6.54 Å². The molecule has 0 aliphatic carbocycles. The first-order chi connectivity index (χ1) is 11.5. The normalized spacial score (nSPS) is 15.1. The van der Waals surface area contributed by atoms with Crippen LogP contribution in [0.5, 0.6) is 0 Å². The first kappa shape index (κ1) is 18.4. The highest BCUT2D eigenvalue weighted by Gasteiger charge is 2.22. The maximum atomic E-state index is 12.3. The predicted octanol–water partition coefficient (Wildman–Crippen LogP) is 0.0572. The smallest absolute Gasteiger partial charge is 0.251 e. The monoisotopic (exact) mass is 396 g/mol. The van der Waals surface area contributed by atoms with Gasteiger partial charge in [-0.15, -0.1) is 6.58 Å². The lowest BCUT2D eigenvalue weighted by atomic mass is 10.3. The molecule has 0 unspecified atom stereocenters. The van der Waals surface area contributed by atoms with Gasteiger partial charge in [0.15, 0.2) is 0 Å². The van der Waals surface area contributed by atoms with Crippen LogP contribution in [0.1, 0.15) is 0 Å². The van der Waals surface area contributed by atoms with E-state index in [9.17, 15) is 14.4 Å². The fraction of sp³-hybridized carbons (Fsp3) is 0.438. The third-order valence-corrected chi connectivity index (χ3v) is 4.26. The molecule has 1 aliphatic heterocycles. The Labute approximate surface area is 149 Å². The molecule has 1 aliphatic rings. The Hall–Kier alpha value is -1.93. The maximum Gasteiger partial charge on any atom is 0.251 e. The molecule has 0 atom stereocenters. The summed E-state index contributed by atoms with van der Waals surface area (Å²) in [4.78, 5) is 39.5. The molecule has 2 amide bonds. The van der Waals surface area contributed by atoms with Gasteiger partial charge in [0.2, 0.25) is 11.8 Å². The Bertz CT molecular complexity index is 666. The van der Waals surface area contributed by atoms with E-state index in [1.807, 2.05) is 4.90 Å². The lowest BCUT2D eigenvalue weighted by Gasteiger charge is -2.34. The molecule has 0 spiro atoms. The number of rotatable bonds is 6. The number of amides is 2. The van der Waals surface area contributed by atoms with Gasteiger partial charge in [-0.3, -0.25) is 19.3 Å². The lowest BCUT2D eigenvalue weighted by Crippen LogP contribution is -2.52. The number of nitrogens with zero attached hydrogens (tertiary/aromatic N) is 3. The summed E-state index contributed by atoms with van der Waals surface area (Å²) in [5, 5.41) is 2.74. The van der Waals surface area contributed by atoms with Gasteiger partial charge in [-0.2, -0.15) is 0 Å². The molecule has 0 radical (unpaired) electrons. The highest BCUT2D eigenvalue weighted by molar-refractivity contribution is 9.10. The molecule has 24 heavy (non-hydrogen) atoms. The van der Waals surface area contributed by atoms with Gasteiger partial charge in [0, 0.05) is 49.5 Å².